The van der Waals surface area contributed by atoms with E-state index in [1.165, 1.54) is 6.07 Å². The van der Waals surface area contributed by atoms with E-state index < -0.39 is 11.6 Å². The number of halogens is 2. The number of methoxy groups -OCH3 is 1. The minimum atomic E-state index is -0.448. The third kappa shape index (κ3) is 3.77. The minimum Gasteiger partial charge on any atom is -0.385 e. The Morgan fingerprint density at radius 1 is 1.35 bits per heavy atom. The van der Waals surface area contributed by atoms with E-state index in [0.717, 1.165) is 18.6 Å². The SMILES string of the molecule is COCCCNc1nccn1Cc1cc(F)ccc1F. The number of aromatic nitrogens is 2. The van der Waals surface area contributed by atoms with E-state index in [2.05, 4.69) is 10.3 Å². The lowest BCUT2D eigenvalue weighted by Gasteiger charge is -2.10. The van der Waals surface area contributed by atoms with Crippen LogP contribution in [-0.4, -0.2) is 29.8 Å². The van der Waals surface area contributed by atoms with Gasteiger partial charge in [-0.05, 0) is 24.6 Å². The van der Waals surface area contributed by atoms with E-state index in [1.54, 1.807) is 24.1 Å². The van der Waals surface area contributed by atoms with E-state index in [0.29, 0.717) is 24.7 Å². The molecule has 0 aliphatic rings. The Bertz CT molecular complexity index is 557. The maximum atomic E-state index is 13.6. The van der Waals surface area contributed by atoms with Crippen LogP contribution in [0.4, 0.5) is 14.7 Å². The largest absolute Gasteiger partial charge is 0.385 e. The van der Waals surface area contributed by atoms with Crippen LogP contribution in [0.25, 0.3) is 0 Å². The first-order chi connectivity index (χ1) is 9.70. The highest BCUT2D eigenvalue weighted by Gasteiger charge is 2.08. The molecular weight excluding hydrogens is 264 g/mol. The number of nitrogens with one attached hydrogen (secondary N) is 1. The van der Waals surface area contributed by atoms with E-state index in [9.17, 15) is 8.78 Å². The zero-order valence-corrected chi connectivity index (χ0v) is 11.3. The molecule has 108 valence electrons. The summed E-state index contributed by atoms with van der Waals surface area (Å²) in [4.78, 5) is 4.16. The van der Waals surface area contributed by atoms with Gasteiger partial charge in [-0.2, -0.15) is 0 Å². The molecule has 0 bridgehead atoms. The molecule has 0 saturated carbocycles. The molecule has 4 nitrogen and oxygen atoms in total. The first-order valence-corrected chi connectivity index (χ1v) is 6.38. The van der Waals surface area contributed by atoms with Crippen LogP contribution in [0, 0.1) is 11.6 Å². The second-order valence-corrected chi connectivity index (χ2v) is 4.39. The molecule has 20 heavy (non-hydrogen) atoms. The van der Waals surface area contributed by atoms with Gasteiger partial charge in [0.2, 0.25) is 5.95 Å². The van der Waals surface area contributed by atoms with E-state index in [4.69, 9.17) is 4.74 Å². The molecule has 2 rings (SSSR count). The van der Waals surface area contributed by atoms with Gasteiger partial charge in [0.15, 0.2) is 0 Å². The van der Waals surface area contributed by atoms with Gasteiger partial charge in [0, 0.05) is 38.2 Å². The lowest BCUT2D eigenvalue weighted by molar-refractivity contribution is 0.197. The number of benzene rings is 1. The van der Waals surface area contributed by atoms with Crippen molar-refractivity contribution in [3.63, 3.8) is 0 Å². The number of rotatable bonds is 7. The van der Waals surface area contributed by atoms with Gasteiger partial charge in [-0.25, -0.2) is 13.8 Å². The highest BCUT2D eigenvalue weighted by molar-refractivity contribution is 5.28. The van der Waals surface area contributed by atoms with Gasteiger partial charge in [-0.1, -0.05) is 0 Å². The number of hydrogen-bond donors (Lipinski definition) is 1. The first kappa shape index (κ1) is 14.5. The number of imidazole rings is 1. The smallest absolute Gasteiger partial charge is 0.203 e. The lowest BCUT2D eigenvalue weighted by Crippen LogP contribution is -2.11. The molecule has 1 aromatic carbocycles. The van der Waals surface area contributed by atoms with Crippen molar-refractivity contribution in [3.8, 4) is 0 Å². The quantitative estimate of drug-likeness (QED) is 0.793. The predicted octanol–water partition coefficient (Wildman–Crippen LogP) is 2.66. The van der Waals surface area contributed by atoms with Crippen LogP contribution in [0.5, 0.6) is 0 Å². The van der Waals surface area contributed by atoms with Crippen molar-refractivity contribution in [2.45, 2.75) is 13.0 Å². The third-order valence-corrected chi connectivity index (χ3v) is 2.87. The molecule has 1 heterocycles. The maximum Gasteiger partial charge on any atom is 0.203 e. The zero-order chi connectivity index (χ0) is 14.4. The topological polar surface area (TPSA) is 39.1 Å². The second-order valence-electron chi connectivity index (χ2n) is 4.39. The maximum absolute atomic E-state index is 13.6. The number of nitrogens with zero attached hydrogens (tertiary/aromatic N) is 2. The molecule has 1 N–H and O–H groups in total. The summed E-state index contributed by atoms with van der Waals surface area (Å²) in [5, 5.41) is 3.14. The second kappa shape index (κ2) is 7.00. The standard InChI is InChI=1S/C14H17F2N3O/c1-20-8-2-5-17-14-18-6-7-19(14)10-11-9-12(15)3-4-13(11)16/h3-4,6-7,9H,2,5,8,10H2,1H3,(H,17,18). The monoisotopic (exact) mass is 281 g/mol. The van der Waals surface area contributed by atoms with Gasteiger partial charge in [0.1, 0.15) is 11.6 Å². The summed E-state index contributed by atoms with van der Waals surface area (Å²) in [5.74, 6) is -0.244. The molecule has 1 aromatic heterocycles. The number of anilines is 1. The van der Waals surface area contributed by atoms with Gasteiger partial charge < -0.3 is 14.6 Å². The van der Waals surface area contributed by atoms with Gasteiger partial charge >= 0.3 is 0 Å². The van der Waals surface area contributed by atoms with Crippen molar-refractivity contribution in [1.29, 1.82) is 0 Å². The lowest BCUT2D eigenvalue weighted by atomic mass is 10.2. The number of ether oxygens (including phenoxy) is 1. The highest BCUT2D eigenvalue weighted by Crippen LogP contribution is 2.14. The Kier molecular flexibility index (Phi) is 5.06. The predicted molar refractivity (Wildman–Crippen MR) is 72.7 cm³/mol. The molecule has 0 aliphatic heterocycles. The minimum absolute atomic E-state index is 0.232. The van der Waals surface area contributed by atoms with E-state index in [-0.39, 0.29) is 6.54 Å². The zero-order valence-electron chi connectivity index (χ0n) is 11.3. The van der Waals surface area contributed by atoms with Crippen LogP contribution in [0.2, 0.25) is 0 Å². The normalized spacial score (nSPS) is 10.8. The van der Waals surface area contributed by atoms with Crippen molar-refractivity contribution in [1.82, 2.24) is 9.55 Å². The Hall–Kier alpha value is -1.95. The molecule has 6 heteroatoms. The van der Waals surface area contributed by atoms with Crippen LogP contribution in [0.3, 0.4) is 0 Å². The summed E-state index contributed by atoms with van der Waals surface area (Å²) < 4.78 is 33.4. The molecule has 2 aromatic rings. The van der Waals surface area contributed by atoms with E-state index in [1.807, 2.05) is 0 Å². The Morgan fingerprint density at radius 3 is 3.00 bits per heavy atom. The van der Waals surface area contributed by atoms with Crippen molar-refractivity contribution >= 4 is 5.95 Å². The number of hydrogen-bond acceptors (Lipinski definition) is 3. The van der Waals surface area contributed by atoms with Crippen molar-refractivity contribution < 1.29 is 13.5 Å². The average molecular weight is 281 g/mol. The molecule has 0 fully saturated rings. The van der Waals surface area contributed by atoms with Crippen LogP contribution in [-0.2, 0) is 11.3 Å². The fourth-order valence-corrected chi connectivity index (χ4v) is 1.87. The molecule has 0 spiro atoms. The summed E-state index contributed by atoms with van der Waals surface area (Å²) in [5.41, 5.74) is 0.294. The van der Waals surface area contributed by atoms with Crippen molar-refractivity contribution in [2.24, 2.45) is 0 Å². The van der Waals surface area contributed by atoms with Crippen LogP contribution >= 0.6 is 0 Å². The fourth-order valence-electron chi connectivity index (χ4n) is 1.87. The van der Waals surface area contributed by atoms with Crippen LogP contribution in [0.15, 0.2) is 30.6 Å². The van der Waals surface area contributed by atoms with Gasteiger partial charge in [0.05, 0.1) is 6.54 Å². The molecule has 0 amide bonds. The van der Waals surface area contributed by atoms with Crippen LogP contribution < -0.4 is 5.32 Å². The summed E-state index contributed by atoms with van der Waals surface area (Å²) in [7, 11) is 1.65. The highest BCUT2D eigenvalue weighted by atomic mass is 19.1. The Labute approximate surface area is 116 Å². The van der Waals surface area contributed by atoms with Crippen molar-refractivity contribution in [2.75, 3.05) is 25.6 Å². The molecule has 0 saturated heterocycles. The molecule has 0 aliphatic carbocycles. The van der Waals surface area contributed by atoms with Gasteiger partial charge in [-0.15, -0.1) is 0 Å². The summed E-state index contributed by atoms with van der Waals surface area (Å²) in [6.45, 7) is 1.60. The summed E-state index contributed by atoms with van der Waals surface area (Å²) in [6.07, 6.45) is 4.19. The molecule has 0 atom stereocenters. The fraction of sp³-hybridized carbons (Fsp3) is 0.357. The molecule has 0 unspecified atom stereocenters. The van der Waals surface area contributed by atoms with Crippen LogP contribution in [0.1, 0.15) is 12.0 Å². The Morgan fingerprint density at radius 2 is 2.20 bits per heavy atom. The Balaban J connectivity index is 2.02. The van der Waals surface area contributed by atoms with Gasteiger partial charge in [0.25, 0.3) is 0 Å². The summed E-state index contributed by atoms with van der Waals surface area (Å²) >= 11 is 0. The first-order valence-electron chi connectivity index (χ1n) is 6.38. The molecular formula is C14H17F2N3O. The van der Waals surface area contributed by atoms with Gasteiger partial charge in [-0.3, -0.25) is 0 Å². The van der Waals surface area contributed by atoms with E-state index >= 15 is 0 Å². The van der Waals surface area contributed by atoms with Crippen molar-refractivity contribution in [3.05, 3.63) is 47.8 Å². The summed E-state index contributed by atoms with van der Waals surface area (Å²) in [6, 6.07) is 3.44. The molecule has 0 radical (unpaired) electrons. The average Bonchev–Trinajstić information content (AvgIpc) is 2.86. The third-order valence-electron chi connectivity index (χ3n) is 2.87.